The van der Waals surface area contributed by atoms with Crippen LogP contribution in [0.5, 0.6) is 0 Å². The zero-order valence-corrected chi connectivity index (χ0v) is 7.40. The van der Waals surface area contributed by atoms with Crippen molar-refractivity contribution in [2.75, 3.05) is 11.5 Å². The Bertz CT molecular complexity index is 286. The molecule has 0 saturated carbocycles. The monoisotopic (exact) mass is 183 g/mol. The number of hydrogen-bond acceptors (Lipinski definition) is 2. The van der Waals surface area contributed by atoms with Crippen LogP contribution in [-0.2, 0) is 0 Å². The lowest BCUT2D eigenvalue weighted by Gasteiger charge is -2.00. The Morgan fingerprint density at radius 1 is 1.58 bits per heavy atom. The molecule has 0 amide bonds. The Labute approximate surface area is 75.5 Å². The number of hydrogen-bond donors (Lipinski definition) is 1. The van der Waals surface area contributed by atoms with Crippen molar-refractivity contribution in [2.45, 2.75) is 4.90 Å². The fourth-order valence-electron chi connectivity index (χ4n) is 0.753. The second-order valence-electron chi connectivity index (χ2n) is 2.28. The molecule has 2 N–H and O–H groups in total. The van der Waals surface area contributed by atoms with Crippen molar-refractivity contribution in [3.8, 4) is 0 Å². The lowest BCUT2D eigenvalue weighted by Crippen LogP contribution is -1.89. The molecule has 12 heavy (non-hydrogen) atoms. The van der Waals surface area contributed by atoms with E-state index in [1.165, 1.54) is 17.8 Å². The molecule has 1 nitrogen and oxygen atoms in total. The van der Waals surface area contributed by atoms with E-state index in [1.54, 1.807) is 18.2 Å². The summed E-state index contributed by atoms with van der Waals surface area (Å²) < 4.78 is 12.8. The first-order valence-electron chi connectivity index (χ1n) is 3.52. The van der Waals surface area contributed by atoms with Gasteiger partial charge in [-0.25, -0.2) is 4.39 Å². The maximum Gasteiger partial charge on any atom is 0.147 e. The van der Waals surface area contributed by atoms with E-state index in [4.69, 9.17) is 5.73 Å². The minimum Gasteiger partial charge on any atom is -0.396 e. The zero-order valence-electron chi connectivity index (χ0n) is 6.59. The van der Waals surface area contributed by atoms with Gasteiger partial charge >= 0.3 is 0 Å². The Morgan fingerprint density at radius 2 is 2.33 bits per heavy atom. The number of nitrogens with two attached hydrogens (primary N) is 1. The second-order valence-corrected chi connectivity index (χ2v) is 3.38. The summed E-state index contributed by atoms with van der Waals surface area (Å²) in [7, 11) is 0. The van der Waals surface area contributed by atoms with Gasteiger partial charge < -0.3 is 5.73 Å². The second kappa shape index (κ2) is 4.16. The molecule has 3 heteroatoms. The van der Waals surface area contributed by atoms with Gasteiger partial charge in [-0.3, -0.25) is 0 Å². The Hall–Kier alpha value is -0.960. The largest absolute Gasteiger partial charge is 0.396 e. The molecule has 0 aliphatic rings. The first kappa shape index (κ1) is 9.13. The molecule has 0 aliphatic carbocycles. The number of halogens is 1. The van der Waals surface area contributed by atoms with Crippen LogP contribution < -0.4 is 5.73 Å². The van der Waals surface area contributed by atoms with Crippen LogP contribution in [0.2, 0.25) is 0 Å². The van der Waals surface area contributed by atoms with Crippen molar-refractivity contribution >= 4 is 17.4 Å². The fourth-order valence-corrected chi connectivity index (χ4v) is 1.41. The average Bonchev–Trinajstić information content (AvgIpc) is 2.07. The SMILES string of the molecule is C=CCSc1ccc(N)c(F)c1. The van der Waals surface area contributed by atoms with Gasteiger partial charge in [-0.05, 0) is 18.2 Å². The van der Waals surface area contributed by atoms with E-state index in [9.17, 15) is 4.39 Å². The van der Waals surface area contributed by atoms with Gasteiger partial charge in [0.15, 0.2) is 0 Å². The highest BCUT2D eigenvalue weighted by atomic mass is 32.2. The van der Waals surface area contributed by atoms with Crippen LogP contribution in [0.4, 0.5) is 10.1 Å². The number of rotatable bonds is 3. The summed E-state index contributed by atoms with van der Waals surface area (Å²) in [6, 6.07) is 4.80. The molecular weight excluding hydrogens is 173 g/mol. The lowest BCUT2D eigenvalue weighted by molar-refractivity contribution is 0.629. The van der Waals surface area contributed by atoms with Gasteiger partial charge in [-0.2, -0.15) is 0 Å². The van der Waals surface area contributed by atoms with Gasteiger partial charge in [0.1, 0.15) is 5.82 Å². The summed E-state index contributed by atoms with van der Waals surface area (Å²) in [5.41, 5.74) is 5.51. The predicted molar refractivity (Wildman–Crippen MR) is 51.7 cm³/mol. The zero-order chi connectivity index (χ0) is 8.97. The highest BCUT2D eigenvalue weighted by Gasteiger charge is 1.98. The molecule has 64 valence electrons. The van der Waals surface area contributed by atoms with Crippen LogP contribution in [0.15, 0.2) is 35.7 Å². The number of benzene rings is 1. The van der Waals surface area contributed by atoms with E-state index >= 15 is 0 Å². The van der Waals surface area contributed by atoms with Gasteiger partial charge in [0.05, 0.1) is 5.69 Å². The van der Waals surface area contributed by atoms with Crippen LogP contribution in [0.1, 0.15) is 0 Å². The van der Waals surface area contributed by atoms with E-state index in [-0.39, 0.29) is 11.5 Å². The summed E-state index contributed by atoms with van der Waals surface area (Å²) in [6.07, 6.45) is 1.78. The topological polar surface area (TPSA) is 26.0 Å². The van der Waals surface area contributed by atoms with Crippen LogP contribution in [-0.4, -0.2) is 5.75 Å². The average molecular weight is 183 g/mol. The molecule has 1 aromatic carbocycles. The normalized spacial score (nSPS) is 9.75. The minimum atomic E-state index is -0.357. The third-order valence-electron chi connectivity index (χ3n) is 1.34. The molecule has 0 radical (unpaired) electrons. The first-order chi connectivity index (χ1) is 5.74. The van der Waals surface area contributed by atoms with Crippen molar-refractivity contribution in [2.24, 2.45) is 0 Å². The van der Waals surface area contributed by atoms with E-state index in [0.717, 1.165) is 10.6 Å². The third kappa shape index (κ3) is 2.27. The van der Waals surface area contributed by atoms with Gasteiger partial charge in [-0.1, -0.05) is 6.08 Å². The first-order valence-corrected chi connectivity index (χ1v) is 4.51. The van der Waals surface area contributed by atoms with Crippen molar-refractivity contribution in [1.82, 2.24) is 0 Å². The van der Waals surface area contributed by atoms with Crippen molar-refractivity contribution < 1.29 is 4.39 Å². The lowest BCUT2D eigenvalue weighted by atomic mass is 10.3. The summed E-state index contributed by atoms with van der Waals surface area (Å²) in [5, 5.41) is 0. The minimum absolute atomic E-state index is 0.193. The molecule has 0 bridgehead atoms. The molecule has 0 unspecified atom stereocenters. The Morgan fingerprint density at radius 3 is 2.92 bits per heavy atom. The fraction of sp³-hybridized carbons (Fsp3) is 0.111. The van der Waals surface area contributed by atoms with Gasteiger partial charge in [0.25, 0.3) is 0 Å². The van der Waals surface area contributed by atoms with Gasteiger partial charge in [0.2, 0.25) is 0 Å². The highest BCUT2D eigenvalue weighted by molar-refractivity contribution is 7.99. The summed E-state index contributed by atoms with van der Waals surface area (Å²) >= 11 is 1.53. The molecule has 1 rings (SSSR count). The van der Waals surface area contributed by atoms with Crippen LogP contribution in [0.3, 0.4) is 0 Å². The third-order valence-corrected chi connectivity index (χ3v) is 2.33. The van der Waals surface area contributed by atoms with E-state index < -0.39 is 0 Å². The molecule has 0 aromatic heterocycles. The molecule has 1 aromatic rings. The van der Waals surface area contributed by atoms with Gasteiger partial charge in [-0.15, -0.1) is 18.3 Å². The quantitative estimate of drug-likeness (QED) is 0.443. The molecule has 0 saturated heterocycles. The maximum absolute atomic E-state index is 12.8. The molecule has 0 spiro atoms. The van der Waals surface area contributed by atoms with Crippen LogP contribution in [0.25, 0.3) is 0 Å². The summed E-state index contributed by atoms with van der Waals surface area (Å²) in [6.45, 7) is 3.58. The van der Waals surface area contributed by atoms with E-state index in [1.807, 2.05) is 0 Å². The summed E-state index contributed by atoms with van der Waals surface area (Å²) in [4.78, 5) is 0.876. The molecule has 0 fully saturated rings. The highest BCUT2D eigenvalue weighted by Crippen LogP contribution is 2.21. The predicted octanol–water partition coefficient (Wildman–Crippen LogP) is 2.69. The molecular formula is C9H10FNS. The van der Waals surface area contributed by atoms with Gasteiger partial charge in [0, 0.05) is 10.6 Å². The van der Waals surface area contributed by atoms with E-state index in [2.05, 4.69) is 6.58 Å². The van der Waals surface area contributed by atoms with Crippen molar-refractivity contribution in [3.63, 3.8) is 0 Å². The standard InChI is InChI=1S/C9H10FNS/c1-2-5-12-7-3-4-9(11)8(10)6-7/h2-4,6H,1,5,11H2. The molecule has 0 aliphatic heterocycles. The van der Waals surface area contributed by atoms with E-state index in [0.29, 0.717) is 0 Å². The number of anilines is 1. The maximum atomic E-state index is 12.8. The molecule has 0 atom stereocenters. The summed E-state index contributed by atoms with van der Waals surface area (Å²) in [5.74, 6) is 0.424. The smallest absolute Gasteiger partial charge is 0.147 e. The Kier molecular flexibility index (Phi) is 3.17. The van der Waals surface area contributed by atoms with Crippen LogP contribution >= 0.6 is 11.8 Å². The number of thioether (sulfide) groups is 1. The van der Waals surface area contributed by atoms with Crippen LogP contribution in [0, 0.1) is 5.82 Å². The van der Waals surface area contributed by atoms with Crippen molar-refractivity contribution in [1.29, 1.82) is 0 Å². The molecule has 0 heterocycles. The van der Waals surface area contributed by atoms with Crippen molar-refractivity contribution in [3.05, 3.63) is 36.7 Å². The number of nitrogen functional groups attached to an aromatic ring is 1. The Balaban J connectivity index is 2.75.